The molecule has 1 heterocycles. The second-order valence-corrected chi connectivity index (χ2v) is 5.64. The van der Waals surface area contributed by atoms with Gasteiger partial charge in [0.05, 0.1) is 0 Å². The van der Waals surface area contributed by atoms with Crippen molar-refractivity contribution in [3.63, 3.8) is 0 Å². The van der Waals surface area contributed by atoms with Gasteiger partial charge in [-0.05, 0) is 0 Å². The third-order valence-corrected chi connectivity index (χ3v) is 5.67. The summed E-state index contributed by atoms with van der Waals surface area (Å²) in [4.78, 5) is 27.1. The van der Waals surface area contributed by atoms with E-state index in [1.54, 1.807) is 0 Å². The van der Waals surface area contributed by atoms with Crippen LogP contribution in [0.4, 0.5) is 0 Å². The topological polar surface area (TPSA) is 58.9 Å². The molecule has 2 atom stereocenters. The Hall–Kier alpha value is -0.371. The van der Waals surface area contributed by atoms with E-state index in [1.807, 2.05) is 0 Å². The Labute approximate surface area is 87.4 Å². The van der Waals surface area contributed by atoms with Crippen molar-refractivity contribution < 1.29 is 9.59 Å². The minimum atomic E-state index is -0.0432. The monoisotopic (exact) mass is 266 g/mol. The number of nitrogens with zero attached hydrogens (tertiary/aromatic N) is 2. The number of hydrogen-bond acceptors (Lipinski definition) is 5. The zero-order chi connectivity index (χ0) is 8.81. The summed E-state index contributed by atoms with van der Waals surface area (Å²) in [6.45, 7) is 0. The first kappa shape index (κ1) is 12.6. The summed E-state index contributed by atoms with van der Waals surface area (Å²) < 4.78 is 0. The van der Waals surface area contributed by atoms with Crippen LogP contribution in [0.1, 0.15) is 7.43 Å². The molecule has 4 nitrogen and oxygen atoms in total. The van der Waals surface area contributed by atoms with Gasteiger partial charge < -0.3 is 0 Å². The van der Waals surface area contributed by atoms with Gasteiger partial charge in [0.15, 0.2) is 0 Å². The van der Waals surface area contributed by atoms with Gasteiger partial charge in [-0.2, -0.15) is 0 Å². The average molecular weight is 265 g/mol. The van der Waals surface area contributed by atoms with Crippen LogP contribution in [-0.4, -0.2) is 37.9 Å². The molecule has 1 aliphatic rings. The van der Waals surface area contributed by atoms with Crippen LogP contribution in [0.15, 0.2) is 9.98 Å². The van der Waals surface area contributed by atoms with Crippen LogP contribution in [-0.2, 0) is 9.59 Å². The maximum absolute atomic E-state index is 9.93. The molecular formula is C7H10N2O2SSe. The summed E-state index contributed by atoms with van der Waals surface area (Å²) in [5, 5.41) is 1.77. The van der Waals surface area contributed by atoms with Gasteiger partial charge in [-0.3, -0.25) is 0 Å². The van der Waals surface area contributed by atoms with Crippen molar-refractivity contribution in [2.45, 2.75) is 28.8 Å². The van der Waals surface area contributed by atoms with E-state index in [4.69, 9.17) is 0 Å². The van der Waals surface area contributed by atoms with Crippen LogP contribution in [0, 0.1) is 0 Å². The van der Waals surface area contributed by atoms with Crippen molar-refractivity contribution in [3.05, 3.63) is 0 Å². The normalized spacial score (nSPS) is 26.2. The van der Waals surface area contributed by atoms with Crippen LogP contribution in [0.25, 0.3) is 0 Å². The molecule has 0 spiro atoms. The van der Waals surface area contributed by atoms with Crippen molar-refractivity contribution in [2.24, 2.45) is 9.98 Å². The van der Waals surface area contributed by atoms with Gasteiger partial charge in [0.1, 0.15) is 0 Å². The first-order valence-electron chi connectivity index (χ1n) is 3.24. The van der Waals surface area contributed by atoms with Gasteiger partial charge >= 0.3 is 79.8 Å². The number of isocyanates is 2. The molecule has 72 valence electrons. The quantitative estimate of drug-likeness (QED) is 0.428. The molecule has 1 aliphatic heterocycles. The van der Waals surface area contributed by atoms with E-state index in [0.29, 0.717) is 15.0 Å². The Balaban J connectivity index is 0.00000144. The van der Waals surface area contributed by atoms with Crippen LogP contribution >= 0.6 is 11.8 Å². The molecular weight excluding hydrogens is 255 g/mol. The summed E-state index contributed by atoms with van der Waals surface area (Å²) in [7, 11) is 0. The van der Waals surface area contributed by atoms with Crippen molar-refractivity contribution in [1.29, 1.82) is 0 Å². The molecule has 0 aromatic rings. The van der Waals surface area contributed by atoms with E-state index >= 15 is 0 Å². The van der Waals surface area contributed by atoms with Gasteiger partial charge in [-0.25, -0.2) is 0 Å². The second kappa shape index (κ2) is 7.07. The number of aliphatic imine (C=N–C) groups is 2. The molecule has 0 saturated carbocycles. The van der Waals surface area contributed by atoms with Crippen LogP contribution < -0.4 is 0 Å². The molecule has 0 aromatic heterocycles. The molecule has 6 heteroatoms. The Morgan fingerprint density at radius 2 is 1.62 bits per heavy atom. The first-order valence-corrected chi connectivity index (χ1v) is 6.60. The zero-order valence-electron chi connectivity index (χ0n) is 6.10. The van der Waals surface area contributed by atoms with Crippen LogP contribution in [0.3, 0.4) is 0 Å². The SMILES string of the molecule is C.O=C=NC1C[Se]CC(N=C=O)S1. The van der Waals surface area contributed by atoms with Crippen molar-refractivity contribution in [1.82, 2.24) is 0 Å². The third kappa shape index (κ3) is 4.41. The van der Waals surface area contributed by atoms with Gasteiger partial charge in [0.25, 0.3) is 0 Å². The maximum atomic E-state index is 9.93. The molecule has 1 rings (SSSR count). The van der Waals surface area contributed by atoms with Gasteiger partial charge in [-0.15, -0.1) is 0 Å². The molecule has 0 aromatic carbocycles. The molecule has 0 bridgehead atoms. The number of thioether (sulfide) groups is 1. The van der Waals surface area contributed by atoms with Crippen molar-refractivity contribution in [2.75, 3.05) is 0 Å². The predicted molar refractivity (Wildman–Crippen MR) is 53.5 cm³/mol. The summed E-state index contributed by atoms with van der Waals surface area (Å²) in [5.74, 6) is 0. The molecule has 0 radical (unpaired) electrons. The van der Waals surface area contributed by atoms with Gasteiger partial charge in [0.2, 0.25) is 0 Å². The van der Waals surface area contributed by atoms with E-state index in [0.717, 1.165) is 10.6 Å². The van der Waals surface area contributed by atoms with E-state index in [-0.39, 0.29) is 18.2 Å². The van der Waals surface area contributed by atoms with E-state index in [2.05, 4.69) is 9.98 Å². The number of carbonyl (C=O) groups excluding carboxylic acids is 2. The van der Waals surface area contributed by atoms with E-state index in [9.17, 15) is 9.59 Å². The number of hydrogen-bond donors (Lipinski definition) is 0. The average Bonchev–Trinajstić information content (AvgIpc) is 2.06. The van der Waals surface area contributed by atoms with Crippen LogP contribution in [0.2, 0.25) is 10.6 Å². The Morgan fingerprint density at radius 3 is 2.00 bits per heavy atom. The summed E-state index contributed by atoms with van der Waals surface area (Å²) in [6, 6.07) is 0. The van der Waals surface area contributed by atoms with Gasteiger partial charge in [-0.1, -0.05) is 7.43 Å². The predicted octanol–water partition coefficient (Wildman–Crippen LogP) is 1.23. The molecule has 0 amide bonds. The third-order valence-electron chi connectivity index (χ3n) is 1.23. The summed E-state index contributed by atoms with van der Waals surface area (Å²) in [5.41, 5.74) is 0. The molecule has 1 saturated heterocycles. The molecule has 0 N–H and O–H groups in total. The summed E-state index contributed by atoms with van der Waals surface area (Å²) in [6.07, 6.45) is 3.05. The Morgan fingerprint density at radius 1 is 1.15 bits per heavy atom. The Kier molecular flexibility index (Phi) is 6.87. The fourth-order valence-electron chi connectivity index (χ4n) is 0.783. The molecule has 1 fully saturated rings. The molecule has 13 heavy (non-hydrogen) atoms. The second-order valence-electron chi connectivity index (χ2n) is 2.02. The molecule has 0 aliphatic carbocycles. The van der Waals surface area contributed by atoms with Crippen LogP contribution in [0.5, 0.6) is 0 Å². The first-order chi connectivity index (χ1) is 5.86. The standard InChI is InChI=1S/C6H6N2O2SSe.CH4/c9-3-7-5-1-12-2-6(11-5)8-4-10;/h5-6H,1-2H2;1H4. The minimum absolute atomic E-state index is 0. The van der Waals surface area contributed by atoms with Crippen molar-refractivity contribution in [3.8, 4) is 0 Å². The fourth-order valence-corrected chi connectivity index (χ4v) is 4.94. The number of rotatable bonds is 2. The van der Waals surface area contributed by atoms with Gasteiger partial charge in [0, 0.05) is 0 Å². The Bertz CT molecular complexity index is 225. The van der Waals surface area contributed by atoms with Crippen molar-refractivity contribution >= 4 is 38.9 Å². The summed E-state index contributed by atoms with van der Waals surface area (Å²) >= 11 is 1.87. The fraction of sp³-hybridized carbons (Fsp3) is 0.714. The van der Waals surface area contributed by atoms with E-state index in [1.165, 1.54) is 23.9 Å². The molecule has 2 unspecified atom stereocenters. The van der Waals surface area contributed by atoms with E-state index < -0.39 is 0 Å². The zero-order valence-corrected chi connectivity index (χ0v) is 8.63.